The van der Waals surface area contributed by atoms with Crippen LogP contribution in [0.2, 0.25) is 0 Å². The van der Waals surface area contributed by atoms with E-state index in [9.17, 15) is 8.42 Å². The van der Waals surface area contributed by atoms with E-state index in [1.54, 1.807) is 7.11 Å². The molecule has 0 unspecified atom stereocenters. The van der Waals surface area contributed by atoms with Crippen LogP contribution in [-0.4, -0.2) is 40.1 Å². The van der Waals surface area contributed by atoms with Gasteiger partial charge in [0.2, 0.25) is 9.05 Å². The molecule has 0 aromatic carbocycles. The Kier molecular flexibility index (Phi) is 4.83. The third-order valence-corrected chi connectivity index (χ3v) is 5.29. The summed E-state index contributed by atoms with van der Waals surface area (Å²) in [6.45, 7) is 1.72. The summed E-state index contributed by atoms with van der Waals surface area (Å²) >= 11 is 0. The molecule has 0 radical (unpaired) electrons. The standard InChI is InChI=1S/C9H17ClO4S/c1-13-6-2-7-14-8-5-9(3-4-9)15(10,11)12/h2-8H2,1H3. The summed E-state index contributed by atoms with van der Waals surface area (Å²) in [6.07, 6.45) is 2.67. The largest absolute Gasteiger partial charge is 0.385 e. The monoisotopic (exact) mass is 256 g/mol. The molecule has 0 amide bonds. The zero-order valence-electron chi connectivity index (χ0n) is 8.87. The third kappa shape index (κ3) is 3.90. The quantitative estimate of drug-likeness (QED) is 0.488. The van der Waals surface area contributed by atoms with Crippen molar-refractivity contribution in [1.82, 2.24) is 0 Å². The van der Waals surface area contributed by atoms with Gasteiger partial charge in [0.05, 0.1) is 4.75 Å². The van der Waals surface area contributed by atoms with Crippen molar-refractivity contribution in [3.05, 3.63) is 0 Å². The first-order valence-corrected chi connectivity index (χ1v) is 7.34. The van der Waals surface area contributed by atoms with Crippen molar-refractivity contribution in [3.63, 3.8) is 0 Å². The molecule has 0 heterocycles. The van der Waals surface area contributed by atoms with Crippen LogP contribution in [-0.2, 0) is 18.5 Å². The van der Waals surface area contributed by atoms with Gasteiger partial charge in [0, 0.05) is 37.6 Å². The van der Waals surface area contributed by atoms with Crippen LogP contribution in [0.3, 0.4) is 0 Å². The Morgan fingerprint density at radius 2 is 1.93 bits per heavy atom. The van der Waals surface area contributed by atoms with Gasteiger partial charge in [-0.3, -0.25) is 0 Å². The highest BCUT2D eigenvalue weighted by Gasteiger charge is 2.53. The summed E-state index contributed by atoms with van der Waals surface area (Å²) in [5.74, 6) is 0. The van der Waals surface area contributed by atoms with Crippen molar-refractivity contribution >= 4 is 19.7 Å². The highest BCUT2D eigenvalue weighted by molar-refractivity contribution is 8.15. The Morgan fingerprint density at radius 3 is 2.40 bits per heavy atom. The van der Waals surface area contributed by atoms with Crippen LogP contribution >= 0.6 is 10.7 Å². The molecule has 0 saturated heterocycles. The van der Waals surface area contributed by atoms with Crippen LogP contribution in [0.1, 0.15) is 25.7 Å². The summed E-state index contributed by atoms with van der Waals surface area (Å²) in [4.78, 5) is 0. The molecule has 0 aromatic rings. The van der Waals surface area contributed by atoms with Gasteiger partial charge in [-0.05, 0) is 25.7 Å². The van der Waals surface area contributed by atoms with Gasteiger partial charge in [-0.25, -0.2) is 8.42 Å². The molecule has 90 valence electrons. The first-order valence-electron chi connectivity index (χ1n) is 5.03. The van der Waals surface area contributed by atoms with Crippen LogP contribution in [0, 0.1) is 0 Å². The second-order valence-corrected chi connectivity index (χ2v) is 6.79. The molecule has 0 aromatic heterocycles. The average Bonchev–Trinajstić information content (AvgIpc) is 2.91. The van der Waals surface area contributed by atoms with Gasteiger partial charge in [-0.15, -0.1) is 0 Å². The summed E-state index contributed by atoms with van der Waals surface area (Å²) in [5.41, 5.74) is 0. The maximum atomic E-state index is 11.2. The second-order valence-electron chi connectivity index (χ2n) is 3.83. The number of hydrogen-bond acceptors (Lipinski definition) is 4. The van der Waals surface area contributed by atoms with Crippen molar-refractivity contribution in [2.24, 2.45) is 0 Å². The maximum absolute atomic E-state index is 11.2. The van der Waals surface area contributed by atoms with Crippen LogP contribution in [0.5, 0.6) is 0 Å². The summed E-state index contributed by atoms with van der Waals surface area (Å²) in [5, 5.41) is 0. The summed E-state index contributed by atoms with van der Waals surface area (Å²) in [7, 11) is 3.56. The molecular formula is C9H17ClO4S. The van der Waals surface area contributed by atoms with Crippen molar-refractivity contribution in [2.45, 2.75) is 30.4 Å². The topological polar surface area (TPSA) is 52.6 Å². The molecule has 6 heteroatoms. The zero-order chi connectivity index (χ0) is 11.4. The van der Waals surface area contributed by atoms with Crippen molar-refractivity contribution in [1.29, 1.82) is 0 Å². The molecule has 1 rings (SSSR count). The molecule has 0 aliphatic heterocycles. The van der Waals surface area contributed by atoms with Gasteiger partial charge in [0.25, 0.3) is 0 Å². The lowest BCUT2D eigenvalue weighted by Gasteiger charge is -2.11. The van der Waals surface area contributed by atoms with Gasteiger partial charge in [-0.1, -0.05) is 0 Å². The van der Waals surface area contributed by atoms with Crippen LogP contribution in [0.15, 0.2) is 0 Å². The van der Waals surface area contributed by atoms with Gasteiger partial charge < -0.3 is 9.47 Å². The van der Waals surface area contributed by atoms with Gasteiger partial charge in [0.15, 0.2) is 0 Å². The minimum atomic E-state index is -3.42. The lowest BCUT2D eigenvalue weighted by Crippen LogP contribution is -2.20. The molecule has 4 nitrogen and oxygen atoms in total. The zero-order valence-corrected chi connectivity index (χ0v) is 10.4. The first-order chi connectivity index (χ1) is 7.02. The van der Waals surface area contributed by atoms with E-state index in [0.29, 0.717) is 39.1 Å². The van der Waals surface area contributed by atoms with Crippen molar-refractivity contribution in [3.8, 4) is 0 Å². The number of rotatable bonds is 8. The van der Waals surface area contributed by atoms with E-state index < -0.39 is 13.8 Å². The van der Waals surface area contributed by atoms with E-state index in [2.05, 4.69) is 0 Å². The molecule has 0 bridgehead atoms. The fourth-order valence-electron chi connectivity index (χ4n) is 1.42. The Labute approximate surface area is 95.3 Å². The molecule has 0 N–H and O–H groups in total. The molecule has 15 heavy (non-hydrogen) atoms. The lowest BCUT2D eigenvalue weighted by molar-refractivity contribution is 0.100. The first kappa shape index (κ1) is 13.2. The minimum absolute atomic E-state index is 0.454. The Balaban J connectivity index is 2.11. The summed E-state index contributed by atoms with van der Waals surface area (Å²) < 4.78 is 31.8. The maximum Gasteiger partial charge on any atom is 0.238 e. The van der Waals surface area contributed by atoms with Gasteiger partial charge in [0.1, 0.15) is 0 Å². The van der Waals surface area contributed by atoms with Crippen molar-refractivity contribution < 1.29 is 17.9 Å². The second kappa shape index (κ2) is 5.48. The lowest BCUT2D eigenvalue weighted by atomic mass is 10.3. The minimum Gasteiger partial charge on any atom is -0.385 e. The Bertz CT molecular complexity index is 284. The van der Waals surface area contributed by atoms with Crippen LogP contribution < -0.4 is 0 Å². The molecular weight excluding hydrogens is 240 g/mol. The van der Waals surface area contributed by atoms with Crippen LogP contribution in [0.25, 0.3) is 0 Å². The van der Waals surface area contributed by atoms with E-state index in [4.69, 9.17) is 20.2 Å². The number of halogens is 1. The van der Waals surface area contributed by atoms with Crippen molar-refractivity contribution in [2.75, 3.05) is 26.9 Å². The molecule has 1 aliphatic carbocycles. The van der Waals surface area contributed by atoms with Gasteiger partial charge in [-0.2, -0.15) is 0 Å². The van der Waals surface area contributed by atoms with E-state index in [0.717, 1.165) is 6.42 Å². The van der Waals surface area contributed by atoms with E-state index in [1.165, 1.54) is 0 Å². The molecule has 0 spiro atoms. The van der Waals surface area contributed by atoms with E-state index in [1.807, 2.05) is 0 Å². The summed E-state index contributed by atoms with van der Waals surface area (Å²) in [6, 6.07) is 0. The smallest absolute Gasteiger partial charge is 0.238 e. The average molecular weight is 257 g/mol. The molecule has 0 atom stereocenters. The van der Waals surface area contributed by atoms with E-state index >= 15 is 0 Å². The fourth-order valence-corrected chi connectivity index (χ4v) is 3.03. The predicted molar refractivity (Wildman–Crippen MR) is 58.7 cm³/mol. The highest BCUT2D eigenvalue weighted by Crippen LogP contribution is 2.48. The van der Waals surface area contributed by atoms with E-state index in [-0.39, 0.29) is 0 Å². The SMILES string of the molecule is COCCCOCCC1(S(=O)(=O)Cl)CC1. The highest BCUT2D eigenvalue weighted by atomic mass is 35.7. The number of hydrogen-bond donors (Lipinski definition) is 0. The Hall–Kier alpha value is 0.160. The normalized spacial score (nSPS) is 19.1. The van der Waals surface area contributed by atoms with Gasteiger partial charge >= 0.3 is 0 Å². The fraction of sp³-hybridized carbons (Fsp3) is 1.00. The van der Waals surface area contributed by atoms with Crippen LogP contribution in [0.4, 0.5) is 0 Å². The molecule has 1 aliphatic rings. The number of methoxy groups -OCH3 is 1. The number of ether oxygens (including phenoxy) is 2. The predicted octanol–water partition coefficient (Wildman–Crippen LogP) is 1.53. The molecule has 1 saturated carbocycles. The molecule has 1 fully saturated rings. The Morgan fingerprint density at radius 1 is 1.27 bits per heavy atom. The third-order valence-electron chi connectivity index (χ3n) is 2.66.